The standard InChI is InChI=1S/C23H15BrN4O2/c24-16-7-10-20-15(11-16)12-25-23(27-20)26-17-8-5-14(6-9-17)13-28-21(29)18-3-1-2-4-19(18)22(28)30/h1-12H,13H2,(H,25,26,27). The van der Waals surface area contributed by atoms with Crippen molar-refractivity contribution >= 4 is 50.3 Å². The summed E-state index contributed by atoms with van der Waals surface area (Å²) < 4.78 is 0.980. The van der Waals surface area contributed by atoms with Gasteiger partial charge in [0.05, 0.1) is 23.2 Å². The molecular weight excluding hydrogens is 444 g/mol. The molecule has 3 aromatic carbocycles. The van der Waals surface area contributed by atoms with Crippen molar-refractivity contribution in [2.75, 3.05) is 5.32 Å². The van der Waals surface area contributed by atoms with Crippen molar-refractivity contribution in [3.63, 3.8) is 0 Å². The molecule has 0 aliphatic carbocycles. The van der Waals surface area contributed by atoms with Crippen LogP contribution in [0.3, 0.4) is 0 Å². The molecule has 30 heavy (non-hydrogen) atoms. The minimum absolute atomic E-state index is 0.230. The summed E-state index contributed by atoms with van der Waals surface area (Å²) in [6.07, 6.45) is 1.77. The van der Waals surface area contributed by atoms with Gasteiger partial charge in [-0.2, -0.15) is 0 Å². The molecule has 1 aromatic heterocycles. The Morgan fingerprint density at radius 1 is 0.900 bits per heavy atom. The molecule has 0 unspecified atom stereocenters. The van der Waals surface area contributed by atoms with E-state index in [1.165, 1.54) is 4.90 Å². The number of hydrogen-bond donors (Lipinski definition) is 1. The summed E-state index contributed by atoms with van der Waals surface area (Å²) in [6.45, 7) is 0.230. The second-order valence-electron chi connectivity index (χ2n) is 6.96. The van der Waals surface area contributed by atoms with Crippen molar-refractivity contribution in [2.24, 2.45) is 0 Å². The van der Waals surface area contributed by atoms with E-state index in [0.29, 0.717) is 17.1 Å². The third-order valence-corrected chi connectivity index (χ3v) is 5.46. The van der Waals surface area contributed by atoms with Gasteiger partial charge in [-0.3, -0.25) is 14.5 Å². The third-order valence-electron chi connectivity index (χ3n) is 4.97. The Labute approximate surface area is 180 Å². The average Bonchev–Trinajstić information content (AvgIpc) is 3.00. The Balaban J connectivity index is 1.31. The van der Waals surface area contributed by atoms with Gasteiger partial charge in [-0.15, -0.1) is 0 Å². The lowest BCUT2D eigenvalue weighted by Gasteiger charge is -2.14. The second-order valence-corrected chi connectivity index (χ2v) is 7.88. The van der Waals surface area contributed by atoms with Gasteiger partial charge in [0.25, 0.3) is 11.8 Å². The van der Waals surface area contributed by atoms with Crippen LogP contribution in [0.1, 0.15) is 26.3 Å². The van der Waals surface area contributed by atoms with Crippen LogP contribution in [0.2, 0.25) is 0 Å². The molecule has 0 saturated heterocycles. The van der Waals surface area contributed by atoms with Crippen molar-refractivity contribution in [3.05, 3.63) is 94.1 Å². The zero-order valence-electron chi connectivity index (χ0n) is 15.7. The first-order valence-corrected chi connectivity index (χ1v) is 10.1. The summed E-state index contributed by atoms with van der Waals surface area (Å²) in [5.41, 5.74) is 3.44. The highest BCUT2D eigenvalue weighted by Crippen LogP contribution is 2.25. The molecule has 7 heteroatoms. The van der Waals surface area contributed by atoms with Gasteiger partial charge >= 0.3 is 0 Å². The summed E-state index contributed by atoms with van der Waals surface area (Å²) in [7, 11) is 0. The number of nitrogens with one attached hydrogen (secondary N) is 1. The van der Waals surface area contributed by atoms with Crippen LogP contribution in [0.5, 0.6) is 0 Å². The fourth-order valence-electron chi connectivity index (χ4n) is 3.45. The number of benzene rings is 3. The molecule has 0 fully saturated rings. The number of carbonyl (C=O) groups excluding carboxylic acids is 2. The maximum absolute atomic E-state index is 12.5. The fourth-order valence-corrected chi connectivity index (χ4v) is 3.83. The summed E-state index contributed by atoms with van der Waals surface area (Å²) in [5.74, 6) is -0.0130. The highest BCUT2D eigenvalue weighted by atomic mass is 79.9. The molecule has 146 valence electrons. The number of rotatable bonds is 4. The third kappa shape index (κ3) is 3.33. The van der Waals surface area contributed by atoms with E-state index in [1.807, 2.05) is 42.5 Å². The second kappa shape index (κ2) is 7.35. The molecule has 1 aliphatic heterocycles. The lowest BCUT2D eigenvalue weighted by atomic mass is 10.1. The van der Waals surface area contributed by atoms with Crippen LogP contribution >= 0.6 is 15.9 Å². The van der Waals surface area contributed by atoms with E-state index in [-0.39, 0.29) is 18.4 Å². The molecular formula is C23H15BrN4O2. The predicted molar refractivity (Wildman–Crippen MR) is 118 cm³/mol. The Bertz CT molecular complexity index is 1270. The van der Waals surface area contributed by atoms with Gasteiger partial charge in [-0.1, -0.05) is 40.2 Å². The highest BCUT2D eigenvalue weighted by Gasteiger charge is 2.34. The van der Waals surface area contributed by atoms with Crippen LogP contribution in [0, 0.1) is 0 Å². The number of nitrogens with zero attached hydrogens (tertiary/aromatic N) is 3. The van der Waals surface area contributed by atoms with Crippen molar-refractivity contribution in [1.29, 1.82) is 0 Å². The maximum atomic E-state index is 12.5. The molecule has 6 nitrogen and oxygen atoms in total. The zero-order valence-corrected chi connectivity index (χ0v) is 17.3. The average molecular weight is 459 g/mol. The Morgan fingerprint density at radius 3 is 2.30 bits per heavy atom. The Hall–Kier alpha value is -3.58. The summed E-state index contributed by atoms with van der Waals surface area (Å²) >= 11 is 3.44. The zero-order chi connectivity index (χ0) is 20.7. The monoisotopic (exact) mass is 458 g/mol. The molecule has 4 aromatic rings. The van der Waals surface area contributed by atoms with Gasteiger partial charge in [0, 0.05) is 21.7 Å². The first kappa shape index (κ1) is 18.4. The van der Waals surface area contributed by atoms with Crippen LogP contribution in [-0.4, -0.2) is 26.7 Å². The Kier molecular flexibility index (Phi) is 4.52. The van der Waals surface area contributed by atoms with Crippen molar-refractivity contribution < 1.29 is 9.59 Å². The molecule has 0 bridgehead atoms. The number of imide groups is 1. The van der Waals surface area contributed by atoms with E-state index in [0.717, 1.165) is 26.6 Å². The van der Waals surface area contributed by atoms with Gasteiger partial charge in [0.15, 0.2) is 0 Å². The molecule has 0 atom stereocenters. The van der Waals surface area contributed by atoms with Crippen LogP contribution in [0.25, 0.3) is 10.9 Å². The minimum Gasteiger partial charge on any atom is -0.324 e. The van der Waals surface area contributed by atoms with Crippen molar-refractivity contribution in [3.8, 4) is 0 Å². The first-order valence-electron chi connectivity index (χ1n) is 9.32. The number of carbonyl (C=O) groups is 2. The van der Waals surface area contributed by atoms with E-state index in [4.69, 9.17) is 0 Å². The molecule has 1 aliphatic rings. The number of amides is 2. The summed E-state index contributed by atoms with van der Waals surface area (Å²) in [5, 5.41) is 4.13. The molecule has 0 spiro atoms. The number of hydrogen-bond acceptors (Lipinski definition) is 5. The van der Waals surface area contributed by atoms with Gasteiger partial charge in [0.2, 0.25) is 5.95 Å². The Morgan fingerprint density at radius 2 is 1.60 bits per heavy atom. The predicted octanol–water partition coefficient (Wildman–Crippen LogP) is 4.93. The van der Waals surface area contributed by atoms with E-state index in [9.17, 15) is 9.59 Å². The highest BCUT2D eigenvalue weighted by molar-refractivity contribution is 9.10. The molecule has 0 saturated carbocycles. The van der Waals surface area contributed by atoms with E-state index >= 15 is 0 Å². The minimum atomic E-state index is -0.256. The molecule has 2 heterocycles. The van der Waals surface area contributed by atoms with Gasteiger partial charge < -0.3 is 5.32 Å². The van der Waals surface area contributed by atoms with E-state index < -0.39 is 0 Å². The largest absolute Gasteiger partial charge is 0.324 e. The van der Waals surface area contributed by atoms with Crippen molar-refractivity contribution in [2.45, 2.75) is 6.54 Å². The molecule has 2 amide bonds. The summed E-state index contributed by atoms with van der Waals surface area (Å²) in [6, 6.07) is 20.2. The van der Waals surface area contributed by atoms with Crippen LogP contribution in [-0.2, 0) is 6.54 Å². The van der Waals surface area contributed by atoms with Gasteiger partial charge in [-0.25, -0.2) is 9.97 Å². The topological polar surface area (TPSA) is 75.2 Å². The quantitative estimate of drug-likeness (QED) is 0.438. The molecule has 5 rings (SSSR count). The van der Waals surface area contributed by atoms with Crippen molar-refractivity contribution in [1.82, 2.24) is 14.9 Å². The normalized spacial score (nSPS) is 13.0. The van der Waals surface area contributed by atoms with E-state index in [2.05, 4.69) is 31.2 Å². The smallest absolute Gasteiger partial charge is 0.261 e. The van der Waals surface area contributed by atoms with Crippen LogP contribution < -0.4 is 5.32 Å². The van der Waals surface area contributed by atoms with E-state index in [1.54, 1.807) is 30.5 Å². The number of halogens is 1. The summed E-state index contributed by atoms with van der Waals surface area (Å²) in [4.78, 5) is 35.2. The SMILES string of the molecule is O=C1c2ccccc2C(=O)N1Cc1ccc(Nc2ncc3cc(Br)ccc3n2)cc1. The number of fused-ring (bicyclic) bond motifs is 2. The number of anilines is 2. The fraction of sp³-hybridized carbons (Fsp3) is 0.0435. The van der Waals surface area contributed by atoms with Crippen LogP contribution in [0.15, 0.2) is 77.4 Å². The van der Waals surface area contributed by atoms with Gasteiger partial charge in [0.1, 0.15) is 0 Å². The number of aromatic nitrogens is 2. The van der Waals surface area contributed by atoms with Gasteiger partial charge in [-0.05, 0) is 48.0 Å². The molecule has 1 N–H and O–H groups in total. The lowest BCUT2D eigenvalue weighted by Crippen LogP contribution is -2.29. The maximum Gasteiger partial charge on any atom is 0.261 e. The van der Waals surface area contributed by atoms with Crippen LogP contribution in [0.4, 0.5) is 11.6 Å². The first-order chi connectivity index (χ1) is 14.6. The lowest BCUT2D eigenvalue weighted by molar-refractivity contribution is 0.0642. The molecule has 0 radical (unpaired) electrons.